The summed E-state index contributed by atoms with van der Waals surface area (Å²) in [6.07, 6.45) is 4.03. The number of H-pyrrole nitrogens is 1. The lowest BCUT2D eigenvalue weighted by atomic mass is 10.0. The van der Waals surface area contributed by atoms with E-state index in [0.29, 0.717) is 34.7 Å². The molecule has 0 amide bonds. The lowest BCUT2D eigenvalue weighted by molar-refractivity contribution is -0.140. The zero-order valence-corrected chi connectivity index (χ0v) is 18.2. The summed E-state index contributed by atoms with van der Waals surface area (Å²) in [7, 11) is 0. The first-order chi connectivity index (χ1) is 16.5. The van der Waals surface area contributed by atoms with Crippen molar-refractivity contribution in [2.75, 3.05) is 24.5 Å². The van der Waals surface area contributed by atoms with Crippen molar-refractivity contribution >= 4 is 27.8 Å². The third kappa shape index (κ3) is 3.08. The van der Waals surface area contributed by atoms with Crippen LogP contribution in [0, 0.1) is 5.92 Å². The van der Waals surface area contributed by atoms with Gasteiger partial charge in [-0.05, 0) is 48.8 Å². The summed E-state index contributed by atoms with van der Waals surface area (Å²) >= 11 is 0. The second-order valence-corrected chi connectivity index (χ2v) is 9.54. The van der Waals surface area contributed by atoms with Gasteiger partial charge >= 0.3 is 6.18 Å². The average Bonchev–Trinajstić information content (AvgIpc) is 3.20. The molecule has 4 aromatic heterocycles. The molecule has 2 atom stereocenters. The number of hydrogen-bond donors (Lipinski definition) is 2. The normalized spacial score (nSPS) is 22.7. The lowest BCUT2D eigenvalue weighted by Crippen LogP contribution is -2.35. The molecule has 0 bridgehead atoms. The minimum absolute atomic E-state index is 0.168. The van der Waals surface area contributed by atoms with Crippen LogP contribution in [0.5, 0.6) is 0 Å². The van der Waals surface area contributed by atoms with E-state index >= 15 is 0 Å². The van der Waals surface area contributed by atoms with Crippen LogP contribution < -0.4 is 10.2 Å². The van der Waals surface area contributed by atoms with Crippen molar-refractivity contribution in [3.63, 3.8) is 0 Å². The third-order valence-electron chi connectivity index (χ3n) is 7.43. The zero-order valence-electron chi connectivity index (χ0n) is 18.2. The summed E-state index contributed by atoms with van der Waals surface area (Å²) in [5.41, 5.74) is 1.77. The van der Waals surface area contributed by atoms with Gasteiger partial charge in [0.05, 0.1) is 11.7 Å². The second-order valence-electron chi connectivity index (χ2n) is 9.54. The Morgan fingerprint density at radius 1 is 1.06 bits per heavy atom. The SMILES string of the molecule is FC(F)(F)c1cc2c(-c3nc(N4CCC5CNCC54)c4c(C5CC5)cncc4n3)ccnc2[nH]1. The Kier molecular flexibility index (Phi) is 4.21. The van der Waals surface area contributed by atoms with Crippen molar-refractivity contribution in [2.24, 2.45) is 5.92 Å². The summed E-state index contributed by atoms with van der Waals surface area (Å²) in [6.45, 7) is 2.81. The number of nitrogens with one attached hydrogen (secondary N) is 2. The third-order valence-corrected chi connectivity index (χ3v) is 7.43. The predicted octanol–water partition coefficient (Wildman–Crippen LogP) is 4.26. The van der Waals surface area contributed by atoms with Crippen molar-refractivity contribution in [3.05, 3.63) is 42.0 Å². The Hall–Kier alpha value is -3.27. The highest BCUT2D eigenvalue weighted by atomic mass is 19.4. The second kappa shape index (κ2) is 7.11. The number of anilines is 1. The molecule has 7 nitrogen and oxygen atoms in total. The summed E-state index contributed by atoms with van der Waals surface area (Å²) < 4.78 is 40.1. The van der Waals surface area contributed by atoms with E-state index in [9.17, 15) is 13.2 Å². The van der Waals surface area contributed by atoms with E-state index < -0.39 is 11.9 Å². The molecule has 0 aromatic carbocycles. The quantitative estimate of drug-likeness (QED) is 0.471. The number of rotatable bonds is 3. The van der Waals surface area contributed by atoms with Crippen LogP contribution in [-0.4, -0.2) is 50.6 Å². The van der Waals surface area contributed by atoms with E-state index in [1.807, 2.05) is 6.20 Å². The highest BCUT2D eigenvalue weighted by molar-refractivity contribution is 5.97. The largest absolute Gasteiger partial charge is 0.431 e. The number of fused-ring (bicyclic) bond motifs is 3. The van der Waals surface area contributed by atoms with Crippen LogP contribution >= 0.6 is 0 Å². The molecule has 7 rings (SSSR count). The van der Waals surface area contributed by atoms with Gasteiger partial charge in [-0.15, -0.1) is 0 Å². The van der Waals surface area contributed by atoms with Gasteiger partial charge in [0, 0.05) is 54.4 Å². The van der Waals surface area contributed by atoms with Crippen LogP contribution in [0.1, 0.15) is 36.4 Å². The molecule has 2 unspecified atom stereocenters. The molecule has 174 valence electrons. The monoisotopic (exact) mass is 465 g/mol. The van der Waals surface area contributed by atoms with Gasteiger partial charge in [0.2, 0.25) is 0 Å². The van der Waals surface area contributed by atoms with Crippen molar-refractivity contribution in [1.82, 2.24) is 30.2 Å². The van der Waals surface area contributed by atoms with Gasteiger partial charge < -0.3 is 15.2 Å². The molecular formula is C24H22F3N7. The predicted molar refractivity (Wildman–Crippen MR) is 122 cm³/mol. The molecule has 0 spiro atoms. The standard InChI is InChI=1S/C24H22F3N7/c25-24(26,27)19-7-15-14(3-5-30-21(15)32-19)22-31-17-10-29-9-16(12-1-2-12)20(17)23(33-22)34-6-4-13-8-28-11-18(13)34/h3,5,7,9-10,12-13,18,28H,1-2,4,6,8,11H2,(H,30,32). The first-order valence-corrected chi connectivity index (χ1v) is 11.7. The fourth-order valence-corrected chi connectivity index (χ4v) is 5.61. The molecule has 3 fully saturated rings. The smallest absolute Gasteiger partial charge is 0.351 e. The first kappa shape index (κ1) is 20.1. The van der Waals surface area contributed by atoms with Gasteiger partial charge in [-0.1, -0.05) is 0 Å². The van der Waals surface area contributed by atoms with Gasteiger partial charge in [0.15, 0.2) is 5.82 Å². The molecule has 2 saturated heterocycles. The molecule has 1 saturated carbocycles. The lowest BCUT2D eigenvalue weighted by Gasteiger charge is -2.27. The van der Waals surface area contributed by atoms with Crippen LogP contribution in [0.4, 0.5) is 19.0 Å². The van der Waals surface area contributed by atoms with Crippen LogP contribution in [-0.2, 0) is 6.18 Å². The fourth-order valence-electron chi connectivity index (χ4n) is 5.61. The summed E-state index contributed by atoms with van der Waals surface area (Å²) in [5, 5.41) is 4.88. The number of aromatic amines is 1. The number of hydrogen-bond acceptors (Lipinski definition) is 6. The maximum absolute atomic E-state index is 13.4. The molecule has 2 N–H and O–H groups in total. The molecule has 3 aliphatic rings. The maximum atomic E-state index is 13.4. The minimum atomic E-state index is -4.49. The van der Waals surface area contributed by atoms with Gasteiger partial charge in [-0.3, -0.25) is 4.98 Å². The van der Waals surface area contributed by atoms with E-state index in [1.54, 1.807) is 12.3 Å². The van der Waals surface area contributed by atoms with Crippen LogP contribution in [0.2, 0.25) is 0 Å². The summed E-state index contributed by atoms with van der Waals surface area (Å²) in [4.78, 5) is 23.2. The van der Waals surface area contributed by atoms with Crippen LogP contribution in [0.25, 0.3) is 33.3 Å². The van der Waals surface area contributed by atoms with E-state index in [4.69, 9.17) is 9.97 Å². The summed E-state index contributed by atoms with van der Waals surface area (Å²) in [6, 6.07) is 3.13. The number of aromatic nitrogens is 5. The van der Waals surface area contributed by atoms with Gasteiger partial charge in [-0.25, -0.2) is 15.0 Å². The Balaban J connectivity index is 1.46. The highest BCUT2D eigenvalue weighted by Gasteiger charge is 2.40. The van der Waals surface area contributed by atoms with Gasteiger partial charge in [0.1, 0.15) is 17.2 Å². The summed E-state index contributed by atoms with van der Waals surface area (Å²) in [5.74, 6) is 2.31. The molecule has 34 heavy (non-hydrogen) atoms. The number of pyridine rings is 2. The number of halogens is 3. The Morgan fingerprint density at radius 3 is 2.76 bits per heavy atom. The number of alkyl halides is 3. The van der Waals surface area contributed by atoms with Crippen molar-refractivity contribution < 1.29 is 13.2 Å². The van der Waals surface area contributed by atoms with Gasteiger partial charge in [0.25, 0.3) is 0 Å². The molecule has 6 heterocycles. The molecular weight excluding hydrogens is 443 g/mol. The molecule has 4 aromatic rings. The average molecular weight is 465 g/mol. The topological polar surface area (TPSA) is 82.6 Å². The van der Waals surface area contributed by atoms with Gasteiger partial charge in [-0.2, -0.15) is 13.2 Å². The molecule has 2 aliphatic heterocycles. The molecule has 1 aliphatic carbocycles. The van der Waals surface area contributed by atoms with Crippen molar-refractivity contribution in [2.45, 2.75) is 37.4 Å². The minimum Gasteiger partial charge on any atom is -0.351 e. The molecule has 10 heteroatoms. The fraction of sp³-hybridized carbons (Fsp3) is 0.417. The number of nitrogens with zero attached hydrogens (tertiary/aromatic N) is 5. The zero-order chi connectivity index (χ0) is 23.0. The van der Waals surface area contributed by atoms with Crippen molar-refractivity contribution in [3.8, 4) is 11.4 Å². The van der Waals surface area contributed by atoms with E-state index in [0.717, 1.165) is 61.7 Å². The van der Waals surface area contributed by atoms with E-state index in [2.05, 4.69) is 25.2 Å². The maximum Gasteiger partial charge on any atom is 0.431 e. The Labute approximate surface area is 192 Å². The van der Waals surface area contributed by atoms with Crippen LogP contribution in [0.15, 0.2) is 30.7 Å². The van der Waals surface area contributed by atoms with Crippen LogP contribution in [0.3, 0.4) is 0 Å². The Morgan fingerprint density at radius 2 is 1.94 bits per heavy atom. The van der Waals surface area contributed by atoms with E-state index in [1.165, 1.54) is 11.8 Å². The van der Waals surface area contributed by atoms with Crippen molar-refractivity contribution in [1.29, 1.82) is 0 Å². The molecule has 0 radical (unpaired) electrons. The Bertz CT molecular complexity index is 1430. The first-order valence-electron chi connectivity index (χ1n) is 11.7. The highest BCUT2D eigenvalue weighted by Crippen LogP contribution is 2.46. The van der Waals surface area contributed by atoms with E-state index in [-0.39, 0.29) is 5.65 Å².